The molecule has 0 aliphatic carbocycles. The van der Waals surface area contributed by atoms with Gasteiger partial charge in [-0.05, 0) is 18.2 Å². The lowest BCUT2D eigenvalue weighted by atomic mass is 10.1. The van der Waals surface area contributed by atoms with E-state index in [9.17, 15) is 18.3 Å². The second-order valence-corrected chi connectivity index (χ2v) is 6.46. The molecule has 158 valence electrons. The van der Waals surface area contributed by atoms with Gasteiger partial charge in [-0.3, -0.25) is 4.68 Å². The van der Waals surface area contributed by atoms with Crippen molar-refractivity contribution in [2.24, 2.45) is 0 Å². The second-order valence-electron chi connectivity index (χ2n) is 6.46. The maximum atomic E-state index is 13.5. The van der Waals surface area contributed by atoms with Crippen LogP contribution in [0.25, 0.3) is 0 Å². The number of nitrogens with zero attached hydrogens (tertiary/aromatic N) is 4. The Hall–Kier alpha value is -3.02. The van der Waals surface area contributed by atoms with Crippen molar-refractivity contribution in [3.63, 3.8) is 0 Å². The molecule has 4 rings (SSSR count). The van der Waals surface area contributed by atoms with Crippen LogP contribution in [0.4, 0.5) is 13.2 Å². The molecule has 3 aromatic rings. The SMILES string of the molecule is OC(Cn1cncn1)c1ccc(Oc2ccc(C3OCCO3)cc2)nc1C(F)(F)F. The summed E-state index contributed by atoms with van der Waals surface area (Å²) in [5.74, 6) is 0.0495. The topological polar surface area (TPSA) is 91.5 Å². The first-order chi connectivity index (χ1) is 14.4. The highest BCUT2D eigenvalue weighted by Gasteiger charge is 2.37. The third-order valence-corrected chi connectivity index (χ3v) is 4.35. The highest BCUT2D eigenvalue weighted by molar-refractivity contribution is 5.34. The molecule has 0 bridgehead atoms. The number of halogens is 3. The zero-order valence-corrected chi connectivity index (χ0v) is 15.5. The summed E-state index contributed by atoms with van der Waals surface area (Å²) in [6.07, 6.45) is -4.19. The summed E-state index contributed by atoms with van der Waals surface area (Å²) in [4.78, 5) is 7.29. The number of alkyl halides is 3. The predicted octanol–water partition coefficient (Wildman–Crippen LogP) is 3.26. The minimum absolute atomic E-state index is 0.197. The van der Waals surface area contributed by atoms with Crippen LogP contribution in [0, 0.1) is 0 Å². The number of ether oxygens (including phenoxy) is 3. The van der Waals surface area contributed by atoms with Crippen LogP contribution < -0.4 is 4.74 Å². The van der Waals surface area contributed by atoms with Gasteiger partial charge < -0.3 is 19.3 Å². The first kappa shape index (κ1) is 20.3. The molecule has 2 aromatic heterocycles. The third kappa shape index (κ3) is 4.58. The van der Waals surface area contributed by atoms with Crippen molar-refractivity contribution in [2.45, 2.75) is 25.1 Å². The number of hydrogen-bond donors (Lipinski definition) is 1. The smallest absolute Gasteiger partial charge is 0.433 e. The van der Waals surface area contributed by atoms with Crippen LogP contribution in [0.15, 0.2) is 49.1 Å². The Morgan fingerprint density at radius 2 is 1.87 bits per heavy atom. The normalized spacial score (nSPS) is 16.0. The van der Waals surface area contributed by atoms with E-state index in [4.69, 9.17) is 14.2 Å². The fourth-order valence-electron chi connectivity index (χ4n) is 2.97. The van der Waals surface area contributed by atoms with E-state index in [0.29, 0.717) is 19.0 Å². The molecule has 0 spiro atoms. The van der Waals surface area contributed by atoms with Crippen LogP contribution in [0.3, 0.4) is 0 Å². The van der Waals surface area contributed by atoms with Crippen LogP contribution in [-0.4, -0.2) is 38.1 Å². The van der Waals surface area contributed by atoms with Crippen molar-refractivity contribution < 1.29 is 32.5 Å². The lowest BCUT2D eigenvalue weighted by Gasteiger charge is -2.18. The van der Waals surface area contributed by atoms with E-state index in [1.165, 1.54) is 23.4 Å². The standard InChI is InChI=1S/C19H17F3N4O4/c20-19(21,22)17-14(15(27)9-26-11-23-10-24-26)5-6-16(25-17)30-13-3-1-12(2-4-13)18-28-7-8-29-18/h1-6,10-11,15,18,27H,7-9H2. The first-order valence-electron chi connectivity index (χ1n) is 9.00. The molecule has 1 fully saturated rings. The predicted molar refractivity (Wildman–Crippen MR) is 95.4 cm³/mol. The molecule has 11 heteroatoms. The molecule has 30 heavy (non-hydrogen) atoms. The van der Waals surface area contributed by atoms with E-state index >= 15 is 0 Å². The Labute approximate surface area is 168 Å². The number of aliphatic hydroxyl groups is 1. The Kier molecular flexibility index (Phi) is 5.66. The van der Waals surface area contributed by atoms with Gasteiger partial charge in [0.2, 0.25) is 5.88 Å². The molecule has 1 unspecified atom stereocenters. The molecule has 1 atom stereocenters. The number of benzene rings is 1. The third-order valence-electron chi connectivity index (χ3n) is 4.35. The Morgan fingerprint density at radius 1 is 1.13 bits per heavy atom. The van der Waals surface area contributed by atoms with E-state index in [1.807, 2.05) is 0 Å². The van der Waals surface area contributed by atoms with E-state index in [1.54, 1.807) is 24.3 Å². The number of aromatic nitrogens is 4. The highest BCUT2D eigenvalue weighted by atomic mass is 19.4. The van der Waals surface area contributed by atoms with Gasteiger partial charge in [-0.2, -0.15) is 18.3 Å². The Balaban J connectivity index is 1.54. The Bertz CT molecular complexity index is 974. The van der Waals surface area contributed by atoms with E-state index < -0.39 is 24.3 Å². The highest BCUT2D eigenvalue weighted by Crippen LogP contribution is 2.36. The van der Waals surface area contributed by atoms with E-state index in [0.717, 1.165) is 11.6 Å². The van der Waals surface area contributed by atoms with Crippen molar-refractivity contribution in [3.8, 4) is 11.6 Å². The molecule has 0 amide bonds. The quantitative estimate of drug-likeness (QED) is 0.652. The van der Waals surface area contributed by atoms with Crippen molar-refractivity contribution in [2.75, 3.05) is 13.2 Å². The largest absolute Gasteiger partial charge is 0.439 e. The van der Waals surface area contributed by atoms with Crippen molar-refractivity contribution in [3.05, 3.63) is 65.9 Å². The van der Waals surface area contributed by atoms with Crippen molar-refractivity contribution in [1.29, 1.82) is 0 Å². The minimum atomic E-state index is -4.78. The second kappa shape index (κ2) is 8.38. The van der Waals surface area contributed by atoms with Crippen LogP contribution in [0.1, 0.15) is 29.2 Å². The molecule has 1 aromatic carbocycles. The van der Waals surface area contributed by atoms with Gasteiger partial charge in [0.1, 0.15) is 24.5 Å². The summed E-state index contributed by atoms with van der Waals surface area (Å²) >= 11 is 0. The van der Waals surface area contributed by atoms with Crippen LogP contribution in [0.5, 0.6) is 11.6 Å². The molecule has 1 aliphatic rings. The molecular weight excluding hydrogens is 405 g/mol. The van der Waals surface area contributed by atoms with Crippen molar-refractivity contribution >= 4 is 0 Å². The Morgan fingerprint density at radius 3 is 2.50 bits per heavy atom. The number of pyridine rings is 1. The zero-order valence-electron chi connectivity index (χ0n) is 15.5. The van der Waals surface area contributed by atoms with Crippen LogP contribution >= 0.6 is 0 Å². The summed E-state index contributed by atoms with van der Waals surface area (Å²) in [7, 11) is 0. The lowest BCUT2D eigenvalue weighted by Crippen LogP contribution is -2.18. The van der Waals surface area contributed by atoms with E-state index in [-0.39, 0.29) is 18.0 Å². The van der Waals surface area contributed by atoms with Gasteiger partial charge in [0, 0.05) is 17.2 Å². The molecule has 3 heterocycles. The van der Waals surface area contributed by atoms with Gasteiger partial charge in [-0.25, -0.2) is 9.97 Å². The summed E-state index contributed by atoms with van der Waals surface area (Å²) < 4.78 is 58.1. The monoisotopic (exact) mass is 422 g/mol. The molecule has 0 radical (unpaired) electrons. The summed E-state index contributed by atoms with van der Waals surface area (Å²) in [6.45, 7) is 0.808. The summed E-state index contributed by atoms with van der Waals surface area (Å²) in [5, 5.41) is 14.0. The molecule has 1 aliphatic heterocycles. The molecule has 1 N–H and O–H groups in total. The fraction of sp³-hybridized carbons (Fsp3) is 0.316. The maximum Gasteiger partial charge on any atom is 0.433 e. The van der Waals surface area contributed by atoms with Gasteiger partial charge in [0.15, 0.2) is 12.0 Å². The molecular formula is C19H17F3N4O4. The molecule has 0 saturated carbocycles. The van der Waals surface area contributed by atoms with Crippen LogP contribution in [-0.2, 0) is 22.2 Å². The van der Waals surface area contributed by atoms with Gasteiger partial charge in [-0.15, -0.1) is 0 Å². The summed E-state index contributed by atoms with van der Waals surface area (Å²) in [5.41, 5.74) is -0.830. The van der Waals surface area contributed by atoms with Gasteiger partial charge >= 0.3 is 6.18 Å². The lowest BCUT2D eigenvalue weighted by molar-refractivity contribution is -0.143. The van der Waals surface area contributed by atoms with E-state index in [2.05, 4.69) is 15.1 Å². The first-order valence-corrected chi connectivity index (χ1v) is 9.00. The fourth-order valence-corrected chi connectivity index (χ4v) is 2.97. The average molecular weight is 422 g/mol. The zero-order chi connectivity index (χ0) is 21.1. The number of rotatable bonds is 6. The van der Waals surface area contributed by atoms with Crippen molar-refractivity contribution in [1.82, 2.24) is 19.7 Å². The number of hydrogen-bond acceptors (Lipinski definition) is 7. The van der Waals surface area contributed by atoms with Gasteiger partial charge in [0.05, 0.1) is 19.8 Å². The summed E-state index contributed by atoms with van der Waals surface area (Å²) in [6, 6.07) is 8.98. The molecule has 8 nitrogen and oxygen atoms in total. The minimum Gasteiger partial charge on any atom is -0.439 e. The maximum absolute atomic E-state index is 13.5. The van der Waals surface area contributed by atoms with Gasteiger partial charge in [-0.1, -0.05) is 12.1 Å². The van der Waals surface area contributed by atoms with Crippen LogP contribution in [0.2, 0.25) is 0 Å². The number of aliphatic hydroxyl groups excluding tert-OH is 1. The average Bonchev–Trinajstić information content (AvgIpc) is 3.42. The van der Waals surface area contributed by atoms with Gasteiger partial charge in [0.25, 0.3) is 0 Å². The molecule has 1 saturated heterocycles.